The Bertz CT molecular complexity index is 1010. The van der Waals surface area contributed by atoms with Crippen LogP contribution in [0.5, 0.6) is 11.5 Å². The first-order valence-electron chi connectivity index (χ1n) is 10.4. The summed E-state index contributed by atoms with van der Waals surface area (Å²) in [5, 5.41) is 19.2. The Morgan fingerprint density at radius 1 is 0.400 bits per heavy atom. The summed E-state index contributed by atoms with van der Waals surface area (Å²) in [6.45, 7) is 0. The van der Waals surface area contributed by atoms with Crippen molar-refractivity contribution in [2.75, 3.05) is 0 Å². The van der Waals surface area contributed by atoms with Crippen LogP contribution in [0.25, 0.3) is 11.1 Å². The summed E-state index contributed by atoms with van der Waals surface area (Å²) < 4.78 is 0. The van der Waals surface area contributed by atoms with E-state index in [0.29, 0.717) is 11.5 Å². The highest BCUT2D eigenvalue weighted by Gasteiger charge is 2.02. The average Bonchev–Trinajstić information content (AvgIpc) is 2.77. The number of aryl methyl sites for hydroxylation is 4. The van der Waals surface area contributed by atoms with Crippen LogP contribution in [0.4, 0.5) is 0 Å². The van der Waals surface area contributed by atoms with Crippen molar-refractivity contribution < 1.29 is 10.2 Å². The lowest BCUT2D eigenvalue weighted by molar-refractivity contribution is 0.474. The summed E-state index contributed by atoms with van der Waals surface area (Å²) in [5.41, 5.74) is 7.33. The standard InChI is InChI=1S/C28H26O2/c29-27-5-1-3-23(19-27)9-7-21-11-15-25(16-12-21)26-17-13-22(14-18-26)8-10-24-4-2-6-28(30)20-24/h1-6,11-20,29-30H,7-10H2. The highest BCUT2D eigenvalue weighted by Crippen LogP contribution is 2.22. The van der Waals surface area contributed by atoms with Crippen molar-refractivity contribution >= 4 is 0 Å². The van der Waals surface area contributed by atoms with E-state index >= 15 is 0 Å². The lowest BCUT2D eigenvalue weighted by Crippen LogP contribution is -1.92. The second-order valence-corrected chi connectivity index (χ2v) is 7.73. The van der Waals surface area contributed by atoms with Crippen LogP contribution in [0, 0.1) is 0 Å². The molecule has 0 aliphatic heterocycles. The van der Waals surface area contributed by atoms with Gasteiger partial charge in [-0.3, -0.25) is 0 Å². The molecule has 150 valence electrons. The minimum absolute atomic E-state index is 0.327. The van der Waals surface area contributed by atoms with Gasteiger partial charge in [0, 0.05) is 0 Å². The predicted molar refractivity (Wildman–Crippen MR) is 123 cm³/mol. The van der Waals surface area contributed by atoms with Gasteiger partial charge in [-0.1, -0.05) is 72.8 Å². The molecule has 4 aromatic rings. The Morgan fingerprint density at radius 2 is 0.767 bits per heavy atom. The van der Waals surface area contributed by atoms with Gasteiger partial charge in [0.15, 0.2) is 0 Å². The van der Waals surface area contributed by atoms with Crippen molar-refractivity contribution in [1.29, 1.82) is 0 Å². The molecule has 4 aromatic carbocycles. The third-order valence-corrected chi connectivity index (χ3v) is 5.47. The number of aromatic hydroxyl groups is 2. The molecule has 0 fully saturated rings. The lowest BCUT2D eigenvalue weighted by atomic mass is 9.98. The van der Waals surface area contributed by atoms with Crippen molar-refractivity contribution in [2.24, 2.45) is 0 Å². The first kappa shape index (κ1) is 19.8. The molecule has 0 aliphatic carbocycles. The Balaban J connectivity index is 1.34. The van der Waals surface area contributed by atoms with Crippen LogP contribution in [0.2, 0.25) is 0 Å². The molecule has 0 heterocycles. The van der Waals surface area contributed by atoms with Gasteiger partial charge >= 0.3 is 0 Å². The van der Waals surface area contributed by atoms with Gasteiger partial charge in [-0.05, 0) is 83.3 Å². The molecule has 0 aromatic heterocycles. The largest absolute Gasteiger partial charge is 0.508 e. The summed E-state index contributed by atoms with van der Waals surface area (Å²) in [7, 11) is 0. The van der Waals surface area contributed by atoms with Crippen LogP contribution in [-0.4, -0.2) is 10.2 Å². The molecule has 0 saturated heterocycles. The van der Waals surface area contributed by atoms with E-state index < -0.39 is 0 Å². The van der Waals surface area contributed by atoms with Gasteiger partial charge in [0.2, 0.25) is 0 Å². The second-order valence-electron chi connectivity index (χ2n) is 7.73. The Kier molecular flexibility index (Phi) is 6.14. The Hall–Kier alpha value is -3.52. The number of hydrogen-bond donors (Lipinski definition) is 2. The van der Waals surface area contributed by atoms with Gasteiger partial charge in [-0.25, -0.2) is 0 Å². The van der Waals surface area contributed by atoms with E-state index in [1.165, 1.54) is 22.3 Å². The van der Waals surface area contributed by atoms with Crippen LogP contribution in [0.15, 0.2) is 97.1 Å². The van der Waals surface area contributed by atoms with Crippen LogP contribution < -0.4 is 0 Å². The fourth-order valence-electron chi connectivity index (χ4n) is 3.73. The molecule has 4 rings (SSSR count). The van der Waals surface area contributed by atoms with Crippen molar-refractivity contribution in [2.45, 2.75) is 25.7 Å². The highest BCUT2D eigenvalue weighted by molar-refractivity contribution is 5.64. The van der Waals surface area contributed by atoms with Crippen LogP contribution in [0.1, 0.15) is 22.3 Å². The molecule has 0 bridgehead atoms. The lowest BCUT2D eigenvalue weighted by Gasteiger charge is -2.07. The van der Waals surface area contributed by atoms with E-state index in [-0.39, 0.29) is 0 Å². The van der Waals surface area contributed by atoms with Crippen molar-refractivity contribution in [3.8, 4) is 22.6 Å². The normalized spacial score (nSPS) is 10.8. The molecule has 0 amide bonds. The van der Waals surface area contributed by atoms with Gasteiger partial charge in [0.05, 0.1) is 0 Å². The quantitative estimate of drug-likeness (QED) is 0.384. The zero-order chi connectivity index (χ0) is 20.8. The van der Waals surface area contributed by atoms with E-state index in [1.54, 1.807) is 12.1 Å². The molecule has 2 nitrogen and oxygen atoms in total. The number of phenols is 2. The van der Waals surface area contributed by atoms with Crippen molar-refractivity contribution in [1.82, 2.24) is 0 Å². The molecule has 2 heteroatoms. The molecule has 30 heavy (non-hydrogen) atoms. The molecule has 0 radical (unpaired) electrons. The molecule has 0 atom stereocenters. The maximum Gasteiger partial charge on any atom is 0.115 e. The fourth-order valence-corrected chi connectivity index (χ4v) is 3.73. The summed E-state index contributed by atoms with van der Waals surface area (Å²) >= 11 is 0. The summed E-state index contributed by atoms with van der Waals surface area (Å²) in [6, 6.07) is 32.4. The predicted octanol–water partition coefficient (Wildman–Crippen LogP) is 6.34. The molecule has 0 unspecified atom stereocenters. The van der Waals surface area contributed by atoms with Gasteiger partial charge in [0.1, 0.15) is 11.5 Å². The maximum absolute atomic E-state index is 9.58. The SMILES string of the molecule is Oc1cccc(CCc2ccc(-c3ccc(CCc4cccc(O)c4)cc3)cc2)c1. The van der Waals surface area contributed by atoms with Gasteiger partial charge in [-0.2, -0.15) is 0 Å². The Morgan fingerprint density at radius 3 is 1.13 bits per heavy atom. The molecular weight excluding hydrogens is 368 g/mol. The third kappa shape index (κ3) is 5.30. The van der Waals surface area contributed by atoms with E-state index in [4.69, 9.17) is 0 Å². The molecular formula is C28H26O2. The van der Waals surface area contributed by atoms with Crippen LogP contribution in [-0.2, 0) is 25.7 Å². The topological polar surface area (TPSA) is 40.5 Å². The summed E-state index contributed by atoms with van der Waals surface area (Å²) in [4.78, 5) is 0. The molecule has 0 aliphatic rings. The smallest absolute Gasteiger partial charge is 0.115 e. The number of benzene rings is 4. The van der Waals surface area contributed by atoms with E-state index in [0.717, 1.165) is 36.8 Å². The minimum Gasteiger partial charge on any atom is -0.508 e. The van der Waals surface area contributed by atoms with E-state index in [1.807, 2.05) is 24.3 Å². The maximum atomic E-state index is 9.58. The molecule has 0 spiro atoms. The summed E-state index contributed by atoms with van der Waals surface area (Å²) in [5.74, 6) is 0.654. The van der Waals surface area contributed by atoms with E-state index in [2.05, 4.69) is 60.7 Å². The average molecular weight is 395 g/mol. The van der Waals surface area contributed by atoms with E-state index in [9.17, 15) is 10.2 Å². The zero-order valence-corrected chi connectivity index (χ0v) is 17.0. The minimum atomic E-state index is 0.327. The highest BCUT2D eigenvalue weighted by atomic mass is 16.3. The number of hydrogen-bond acceptors (Lipinski definition) is 2. The fraction of sp³-hybridized carbons (Fsp3) is 0.143. The number of phenolic OH excluding ortho intramolecular Hbond substituents is 2. The first-order valence-corrected chi connectivity index (χ1v) is 10.4. The van der Waals surface area contributed by atoms with Crippen LogP contribution >= 0.6 is 0 Å². The van der Waals surface area contributed by atoms with Crippen molar-refractivity contribution in [3.63, 3.8) is 0 Å². The molecule has 0 saturated carbocycles. The number of rotatable bonds is 7. The Labute approximate surface area is 178 Å². The first-order chi connectivity index (χ1) is 14.7. The zero-order valence-electron chi connectivity index (χ0n) is 17.0. The monoisotopic (exact) mass is 394 g/mol. The van der Waals surface area contributed by atoms with Crippen molar-refractivity contribution in [3.05, 3.63) is 119 Å². The van der Waals surface area contributed by atoms with Gasteiger partial charge < -0.3 is 10.2 Å². The third-order valence-electron chi connectivity index (χ3n) is 5.47. The van der Waals surface area contributed by atoms with Crippen LogP contribution in [0.3, 0.4) is 0 Å². The summed E-state index contributed by atoms with van der Waals surface area (Å²) in [6.07, 6.45) is 3.75. The second kappa shape index (κ2) is 9.32. The molecule has 2 N–H and O–H groups in total. The van der Waals surface area contributed by atoms with Gasteiger partial charge in [-0.15, -0.1) is 0 Å². The van der Waals surface area contributed by atoms with Gasteiger partial charge in [0.25, 0.3) is 0 Å².